The Labute approximate surface area is 164 Å². The van der Waals surface area contributed by atoms with Crippen LogP contribution >= 0.6 is 0 Å². The minimum atomic E-state index is -0.536. The number of rotatable bonds is 5. The lowest BCUT2D eigenvalue weighted by Gasteiger charge is -2.32. The molecular formula is C22H23NO5. The Balaban J connectivity index is 1.23. The Hall–Kier alpha value is -3.02. The summed E-state index contributed by atoms with van der Waals surface area (Å²) >= 11 is 0. The second-order valence-corrected chi connectivity index (χ2v) is 7.16. The molecule has 28 heavy (non-hydrogen) atoms. The molecule has 0 bridgehead atoms. The maximum Gasteiger partial charge on any atom is 0.338 e. The van der Waals surface area contributed by atoms with Gasteiger partial charge in [0.25, 0.3) is 5.91 Å². The Morgan fingerprint density at radius 2 is 1.75 bits per heavy atom. The molecule has 1 amide bonds. The van der Waals surface area contributed by atoms with Gasteiger partial charge in [-0.25, -0.2) is 4.79 Å². The van der Waals surface area contributed by atoms with Gasteiger partial charge < -0.3 is 19.1 Å². The maximum atomic E-state index is 12.4. The molecule has 0 atom stereocenters. The predicted octanol–water partition coefficient (Wildman–Crippen LogP) is 3.05. The normalized spacial score (nSPS) is 16.1. The smallest absolute Gasteiger partial charge is 0.338 e. The van der Waals surface area contributed by atoms with Crippen LogP contribution in [0.25, 0.3) is 0 Å². The average Bonchev–Trinajstić information content (AvgIpc) is 3.21. The Bertz CT molecular complexity index is 843. The highest BCUT2D eigenvalue weighted by Crippen LogP contribution is 2.32. The molecule has 2 aromatic carbocycles. The molecule has 6 nitrogen and oxygen atoms in total. The zero-order valence-corrected chi connectivity index (χ0v) is 15.6. The predicted molar refractivity (Wildman–Crippen MR) is 102 cm³/mol. The first-order chi connectivity index (χ1) is 13.7. The molecule has 2 aliphatic rings. The zero-order valence-electron chi connectivity index (χ0n) is 15.6. The largest absolute Gasteiger partial charge is 0.454 e. The first kappa shape index (κ1) is 18.3. The molecule has 0 aromatic heterocycles. The number of hydrogen-bond acceptors (Lipinski definition) is 5. The quantitative estimate of drug-likeness (QED) is 0.745. The van der Waals surface area contributed by atoms with Crippen LogP contribution < -0.4 is 9.47 Å². The molecule has 6 heteroatoms. The number of likely N-dealkylation sites (tertiary alicyclic amines) is 1. The molecule has 0 unspecified atom stereocenters. The van der Waals surface area contributed by atoms with E-state index in [1.807, 2.05) is 6.07 Å². The molecule has 0 aliphatic carbocycles. The van der Waals surface area contributed by atoms with Crippen molar-refractivity contribution in [2.24, 2.45) is 5.92 Å². The summed E-state index contributed by atoms with van der Waals surface area (Å²) in [6.07, 6.45) is 2.98. The van der Waals surface area contributed by atoms with Crippen molar-refractivity contribution in [2.45, 2.75) is 19.3 Å². The van der Waals surface area contributed by atoms with Crippen LogP contribution in [0.2, 0.25) is 0 Å². The minimum absolute atomic E-state index is 0.145. The SMILES string of the molecule is O=C(OCC(=O)N1CCC(Cc2ccccc2)CC1)c1ccc2c(c1)OCO2. The second kappa shape index (κ2) is 8.33. The molecule has 0 N–H and O–H groups in total. The fourth-order valence-electron chi connectivity index (χ4n) is 3.66. The van der Waals surface area contributed by atoms with Gasteiger partial charge in [-0.05, 0) is 48.9 Å². The summed E-state index contributed by atoms with van der Waals surface area (Å²) in [6.45, 7) is 1.32. The van der Waals surface area contributed by atoms with Gasteiger partial charge in [-0.3, -0.25) is 4.79 Å². The van der Waals surface area contributed by atoms with E-state index in [0.717, 1.165) is 19.3 Å². The number of amides is 1. The summed E-state index contributed by atoms with van der Waals surface area (Å²) in [4.78, 5) is 26.4. The number of nitrogens with zero attached hydrogens (tertiary/aromatic N) is 1. The van der Waals surface area contributed by atoms with E-state index in [0.29, 0.717) is 36.1 Å². The van der Waals surface area contributed by atoms with Crippen LogP contribution in [0.5, 0.6) is 11.5 Å². The van der Waals surface area contributed by atoms with Crippen LogP contribution in [0.15, 0.2) is 48.5 Å². The summed E-state index contributed by atoms with van der Waals surface area (Å²) in [7, 11) is 0. The number of ether oxygens (including phenoxy) is 3. The lowest BCUT2D eigenvalue weighted by atomic mass is 9.90. The van der Waals surface area contributed by atoms with Gasteiger partial charge in [-0.15, -0.1) is 0 Å². The zero-order chi connectivity index (χ0) is 19.3. The van der Waals surface area contributed by atoms with Crippen LogP contribution in [0.3, 0.4) is 0 Å². The fourth-order valence-corrected chi connectivity index (χ4v) is 3.66. The molecule has 0 radical (unpaired) electrons. The summed E-state index contributed by atoms with van der Waals surface area (Å²) in [6, 6.07) is 15.3. The number of fused-ring (bicyclic) bond motifs is 1. The molecule has 0 spiro atoms. The van der Waals surface area contributed by atoms with Gasteiger partial charge in [0.15, 0.2) is 18.1 Å². The lowest BCUT2D eigenvalue weighted by Crippen LogP contribution is -2.41. The van der Waals surface area contributed by atoms with Gasteiger partial charge in [0.2, 0.25) is 6.79 Å². The van der Waals surface area contributed by atoms with Crippen molar-refractivity contribution in [3.8, 4) is 11.5 Å². The van der Waals surface area contributed by atoms with E-state index in [2.05, 4.69) is 24.3 Å². The molecule has 2 aliphatic heterocycles. The van der Waals surface area contributed by atoms with E-state index >= 15 is 0 Å². The third kappa shape index (κ3) is 4.27. The first-order valence-electron chi connectivity index (χ1n) is 9.57. The fraction of sp³-hybridized carbons (Fsp3) is 0.364. The molecule has 2 aromatic rings. The second-order valence-electron chi connectivity index (χ2n) is 7.16. The van der Waals surface area contributed by atoms with Crippen molar-refractivity contribution in [1.29, 1.82) is 0 Å². The topological polar surface area (TPSA) is 65.1 Å². The number of piperidine rings is 1. The molecule has 146 valence electrons. The Morgan fingerprint density at radius 3 is 2.54 bits per heavy atom. The van der Waals surface area contributed by atoms with E-state index in [1.54, 1.807) is 23.1 Å². The molecule has 0 saturated carbocycles. The van der Waals surface area contributed by atoms with Crippen molar-refractivity contribution in [1.82, 2.24) is 4.90 Å². The van der Waals surface area contributed by atoms with E-state index < -0.39 is 5.97 Å². The standard InChI is InChI=1S/C22H23NO5/c24-21(14-26-22(25)18-6-7-19-20(13-18)28-15-27-19)23-10-8-17(9-11-23)12-16-4-2-1-3-5-16/h1-7,13,17H,8-12,14-15H2. The van der Waals surface area contributed by atoms with Crippen LogP contribution in [-0.2, 0) is 16.0 Å². The highest BCUT2D eigenvalue weighted by Gasteiger charge is 2.24. The van der Waals surface area contributed by atoms with Crippen molar-refractivity contribution in [3.05, 3.63) is 59.7 Å². The highest BCUT2D eigenvalue weighted by atomic mass is 16.7. The van der Waals surface area contributed by atoms with Crippen molar-refractivity contribution in [3.63, 3.8) is 0 Å². The van der Waals surface area contributed by atoms with Crippen LogP contribution in [0, 0.1) is 5.92 Å². The van der Waals surface area contributed by atoms with E-state index in [9.17, 15) is 9.59 Å². The van der Waals surface area contributed by atoms with E-state index in [-0.39, 0.29) is 19.3 Å². The summed E-state index contributed by atoms with van der Waals surface area (Å²) in [5.74, 6) is 1.02. The van der Waals surface area contributed by atoms with Gasteiger partial charge >= 0.3 is 5.97 Å². The first-order valence-corrected chi connectivity index (χ1v) is 9.57. The van der Waals surface area contributed by atoms with Gasteiger partial charge in [-0.2, -0.15) is 0 Å². The summed E-state index contributed by atoms with van der Waals surface area (Å²) in [5, 5.41) is 0. The molecule has 1 fully saturated rings. The summed E-state index contributed by atoms with van der Waals surface area (Å²) in [5.41, 5.74) is 1.68. The Morgan fingerprint density at radius 1 is 1.00 bits per heavy atom. The third-order valence-electron chi connectivity index (χ3n) is 5.27. The number of carbonyl (C=O) groups is 2. The van der Waals surface area contributed by atoms with E-state index in [1.165, 1.54) is 5.56 Å². The van der Waals surface area contributed by atoms with Crippen LogP contribution in [-0.4, -0.2) is 43.3 Å². The van der Waals surface area contributed by atoms with Crippen molar-refractivity contribution in [2.75, 3.05) is 26.5 Å². The van der Waals surface area contributed by atoms with Crippen LogP contribution in [0.4, 0.5) is 0 Å². The number of benzene rings is 2. The molecular weight excluding hydrogens is 358 g/mol. The molecule has 2 heterocycles. The minimum Gasteiger partial charge on any atom is -0.454 e. The Kier molecular flexibility index (Phi) is 5.46. The van der Waals surface area contributed by atoms with Gasteiger partial charge in [0, 0.05) is 13.1 Å². The van der Waals surface area contributed by atoms with Gasteiger partial charge in [-0.1, -0.05) is 30.3 Å². The van der Waals surface area contributed by atoms with Crippen molar-refractivity contribution >= 4 is 11.9 Å². The number of carbonyl (C=O) groups excluding carboxylic acids is 2. The monoisotopic (exact) mass is 381 g/mol. The summed E-state index contributed by atoms with van der Waals surface area (Å²) < 4.78 is 15.7. The third-order valence-corrected chi connectivity index (χ3v) is 5.27. The average molecular weight is 381 g/mol. The van der Waals surface area contributed by atoms with E-state index in [4.69, 9.17) is 14.2 Å². The van der Waals surface area contributed by atoms with Crippen molar-refractivity contribution < 1.29 is 23.8 Å². The number of hydrogen-bond donors (Lipinski definition) is 0. The van der Waals surface area contributed by atoms with Gasteiger partial charge in [0.05, 0.1) is 5.56 Å². The molecule has 1 saturated heterocycles. The van der Waals surface area contributed by atoms with Crippen LogP contribution in [0.1, 0.15) is 28.8 Å². The number of esters is 1. The molecule has 4 rings (SSSR count). The maximum absolute atomic E-state index is 12.4. The highest BCUT2D eigenvalue weighted by molar-refractivity contribution is 5.92. The van der Waals surface area contributed by atoms with Gasteiger partial charge in [0.1, 0.15) is 0 Å². The lowest BCUT2D eigenvalue weighted by molar-refractivity contribution is -0.135.